The van der Waals surface area contributed by atoms with Crippen molar-refractivity contribution in [3.8, 4) is 0 Å². The molecule has 0 amide bonds. The van der Waals surface area contributed by atoms with Crippen molar-refractivity contribution in [3.63, 3.8) is 0 Å². The maximum Gasteiger partial charge on any atom is 0.359 e. The van der Waals surface area contributed by atoms with Crippen molar-refractivity contribution in [2.75, 3.05) is 6.54 Å². The number of quaternary nitrogens is 1. The van der Waals surface area contributed by atoms with Gasteiger partial charge in [0.1, 0.15) is 0 Å². The average molecular weight is 112 g/mol. The molecule has 4 N–H and O–H groups in total. The Morgan fingerprint density at radius 2 is 2.00 bits per heavy atom. The summed E-state index contributed by atoms with van der Waals surface area (Å²) in [5, 5.41) is 7.66. The highest BCUT2D eigenvalue weighted by molar-refractivity contribution is 5.67. The average Bonchev–Trinajstić information content (AvgIpc) is 1.38. The fraction of sp³-hybridized carbons (Fsp3) is 0.500. The van der Waals surface area contributed by atoms with Crippen molar-refractivity contribution < 1.29 is 28.0 Å². The first-order valence-electron chi connectivity index (χ1n) is 1.28. The van der Waals surface area contributed by atoms with Gasteiger partial charge in [0.05, 0.1) is 0 Å². The molecule has 0 spiro atoms. The van der Waals surface area contributed by atoms with Gasteiger partial charge in [-0.15, -0.1) is 0 Å². The zero-order chi connectivity index (χ0) is 4.28. The zero-order valence-electron chi connectivity index (χ0n) is 3.15. The standard InChI is InChI=1S/C2H5NO2.ClH/c3-1-2(4)5;/h1,3H2,(H,4,5);1H. The highest BCUT2D eigenvalue weighted by Crippen LogP contribution is 1.40. The molecule has 0 heterocycles. The van der Waals surface area contributed by atoms with Gasteiger partial charge in [-0.3, -0.25) is 0 Å². The summed E-state index contributed by atoms with van der Waals surface area (Å²) in [6.45, 7) is -0.0278. The van der Waals surface area contributed by atoms with Crippen LogP contribution in [0.25, 0.3) is 0 Å². The molecule has 0 saturated heterocycles. The smallest absolute Gasteiger partial charge is 0.359 e. The predicted molar refractivity (Wildman–Crippen MR) is 15.4 cm³/mol. The van der Waals surface area contributed by atoms with Crippen molar-refractivity contribution in [1.29, 1.82) is 0 Å². The maximum absolute atomic E-state index is 9.31. The van der Waals surface area contributed by atoms with Gasteiger partial charge in [0.15, 0.2) is 6.54 Å². The van der Waals surface area contributed by atoms with E-state index in [2.05, 4.69) is 5.73 Å². The van der Waals surface area contributed by atoms with Crippen molar-refractivity contribution in [2.24, 2.45) is 0 Å². The molecule has 0 aliphatic rings. The number of hydrogen-bond donors (Lipinski definition) is 2. The molecule has 0 aliphatic carbocycles. The van der Waals surface area contributed by atoms with Gasteiger partial charge in [-0.05, 0) is 0 Å². The third kappa shape index (κ3) is 9.30. The van der Waals surface area contributed by atoms with Crippen molar-refractivity contribution >= 4 is 5.97 Å². The summed E-state index contributed by atoms with van der Waals surface area (Å²) in [5.74, 6) is -0.856. The highest BCUT2D eigenvalue weighted by Gasteiger charge is 1.85. The van der Waals surface area contributed by atoms with E-state index in [1.54, 1.807) is 0 Å². The van der Waals surface area contributed by atoms with Crippen LogP contribution in [0.5, 0.6) is 0 Å². The Bertz CT molecular complexity index is 46.8. The number of hydrogen-bond acceptors (Lipinski definition) is 1. The maximum atomic E-state index is 9.31. The molecule has 0 aromatic carbocycles. The molecule has 4 heteroatoms. The fourth-order valence-electron chi connectivity index (χ4n) is 0. The molecule has 6 heavy (non-hydrogen) atoms. The van der Waals surface area contributed by atoms with Crippen LogP contribution in [-0.2, 0) is 4.79 Å². The first-order chi connectivity index (χ1) is 2.27. The van der Waals surface area contributed by atoms with Gasteiger partial charge in [-0.1, -0.05) is 0 Å². The van der Waals surface area contributed by atoms with Gasteiger partial charge >= 0.3 is 5.97 Å². The number of aliphatic carboxylic acids is 1. The second kappa shape index (κ2) is 4.72. The molecule has 0 rings (SSSR count). The van der Waals surface area contributed by atoms with E-state index in [0.29, 0.717) is 0 Å². The summed E-state index contributed by atoms with van der Waals surface area (Å²) < 4.78 is 0. The van der Waals surface area contributed by atoms with Crippen molar-refractivity contribution in [1.82, 2.24) is 0 Å². The fourth-order valence-corrected chi connectivity index (χ4v) is 0. The molecule has 0 atom stereocenters. The van der Waals surface area contributed by atoms with Gasteiger partial charge in [0.2, 0.25) is 0 Å². The molecule has 0 aromatic heterocycles. The van der Waals surface area contributed by atoms with Crippen molar-refractivity contribution in [3.05, 3.63) is 0 Å². The molecule has 0 unspecified atom stereocenters. The van der Waals surface area contributed by atoms with Gasteiger partial charge in [0, 0.05) is 0 Å². The van der Waals surface area contributed by atoms with Crippen LogP contribution in [0.4, 0.5) is 0 Å². The Morgan fingerprint density at radius 3 is 2.00 bits per heavy atom. The van der Waals surface area contributed by atoms with Crippen molar-refractivity contribution in [2.45, 2.75) is 0 Å². The van der Waals surface area contributed by atoms with Crippen LogP contribution >= 0.6 is 0 Å². The Labute approximate surface area is 41.6 Å². The van der Waals surface area contributed by atoms with E-state index in [1.807, 2.05) is 0 Å². The molecular formula is C2H6ClNO2. The molecule has 0 aliphatic heterocycles. The van der Waals surface area contributed by atoms with Crippen LogP contribution in [0, 0.1) is 0 Å². The number of halogens is 1. The zero-order valence-corrected chi connectivity index (χ0v) is 3.90. The lowest BCUT2D eigenvalue weighted by atomic mass is 10.7. The topological polar surface area (TPSA) is 64.9 Å². The quantitative estimate of drug-likeness (QED) is 0.357. The third-order valence-corrected chi connectivity index (χ3v) is 0.214. The third-order valence-electron chi connectivity index (χ3n) is 0.214. The van der Waals surface area contributed by atoms with Gasteiger partial charge in [-0.25, -0.2) is 4.79 Å². The largest absolute Gasteiger partial charge is 1.00 e. The van der Waals surface area contributed by atoms with Gasteiger partial charge in [-0.2, -0.15) is 0 Å². The SMILES string of the molecule is [Cl-].[NH3+]CC(=O)O. The van der Waals surface area contributed by atoms with Crippen LogP contribution < -0.4 is 18.1 Å². The van der Waals surface area contributed by atoms with Crippen LogP contribution in [0.15, 0.2) is 0 Å². The Kier molecular flexibility index (Phi) is 7.24. The lowest BCUT2D eigenvalue weighted by Crippen LogP contribution is -3.00. The summed E-state index contributed by atoms with van der Waals surface area (Å²) in [7, 11) is 0. The first-order valence-corrected chi connectivity index (χ1v) is 1.28. The monoisotopic (exact) mass is 111 g/mol. The Morgan fingerprint density at radius 1 is 1.83 bits per heavy atom. The molecule has 38 valence electrons. The van der Waals surface area contributed by atoms with E-state index in [0.717, 1.165) is 0 Å². The number of carboxylic acid groups (broad SMARTS) is 1. The van der Waals surface area contributed by atoms with Crippen LogP contribution in [0.1, 0.15) is 0 Å². The molecular weight excluding hydrogens is 105 g/mol. The summed E-state index contributed by atoms with van der Waals surface area (Å²) >= 11 is 0. The Balaban J connectivity index is 0. The lowest BCUT2D eigenvalue weighted by Gasteiger charge is -1.69. The number of carbonyl (C=O) groups is 1. The minimum Gasteiger partial charge on any atom is -1.00 e. The second-order valence-corrected chi connectivity index (χ2v) is 0.644. The molecule has 0 radical (unpaired) electrons. The van der Waals surface area contributed by atoms with Crippen LogP contribution in [0.3, 0.4) is 0 Å². The molecule has 0 saturated carbocycles. The molecule has 0 aromatic rings. The Hall–Kier alpha value is -0.280. The van der Waals surface area contributed by atoms with Crippen LogP contribution in [-0.4, -0.2) is 17.6 Å². The number of rotatable bonds is 1. The number of carboxylic acids is 1. The minimum absolute atomic E-state index is 0. The molecule has 3 nitrogen and oxygen atoms in total. The van der Waals surface area contributed by atoms with E-state index < -0.39 is 5.97 Å². The highest BCUT2D eigenvalue weighted by atomic mass is 35.5. The van der Waals surface area contributed by atoms with Gasteiger partial charge < -0.3 is 23.2 Å². The van der Waals surface area contributed by atoms with Crippen LogP contribution in [0.2, 0.25) is 0 Å². The van der Waals surface area contributed by atoms with E-state index >= 15 is 0 Å². The summed E-state index contributed by atoms with van der Waals surface area (Å²) in [5.41, 5.74) is 3.09. The summed E-state index contributed by atoms with van der Waals surface area (Å²) in [6, 6.07) is 0. The lowest BCUT2D eigenvalue weighted by molar-refractivity contribution is -0.358. The van der Waals surface area contributed by atoms with E-state index in [4.69, 9.17) is 5.11 Å². The van der Waals surface area contributed by atoms with E-state index in [9.17, 15) is 4.79 Å². The second-order valence-electron chi connectivity index (χ2n) is 0.644. The molecule has 0 fully saturated rings. The summed E-state index contributed by atoms with van der Waals surface area (Å²) in [6.07, 6.45) is 0. The molecule has 0 bridgehead atoms. The predicted octanol–water partition coefficient (Wildman–Crippen LogP) is -4.68. The van der Waals surface area contributed by atoms with Gasteiger partial charge in [0.25, 0.3) is 0 Å². The normalized spacial score (nSPS) is 6.17. The van der Waals surface area contributed by atoms with E-state index in [1.165, 1.54) is 0 Å². The first kappa shape index (κ1) is 9.21. The summed E-state index contributed by atoms with van der Waals surface area (Å²) in [4.78, 5) is 9.31. The minimum atomic E-state index is -0.856. The van der Waals surface area contributed by atoms with E-state index in [-0.39, 0.29) is 19.0 Å².